The van der Waals surface area contributed by atoms with Gasteiger partial charge in [0.15, 0.2) is 0 Å². The number of nitrogens with zero attached hydrogens (tertiary/aromatic N) is 3. The molecule has 5 heteroatoms. The van der Waals surface area contributed by atoms with Gasteiger partial charge >= 0.3 is 0 Å². The van der Waals surface area contributed by atoms with Crippen LogP contribution in [0, 0.1) is 0 Å². The van der Waals surface area contributed by atoms with E-state index in [1.165, 1.54) is 0 Å². The maximum atomic E-state index is 8.03. The van der Waals surface area contributed by atoms with Gasteiger partial charge in [-0.25, -0.2) is 0 Å². The molecule has 1 aromatic carbocycles. The summed E-state index contributed by atoms with van der Waals surface area (Å²) in [5.41, 5.74) is 14.6. The van der Waals surface area contributed by atoms with Gasteiger partial charge in [0.2, 0.25) is 0 Å². The molecule has 0 atom stereocenters. The summed E-state index contributed by atoms with van der Waals surface area (Å²) in [6, 6.07) is 6.77. The van der Waals surface area contributed by atoms with Crippen LogP contribution in [0.3, 0.4) is 0 Å². The first-order valence-corrected chi connectivity index (χ1v) is 2.73. The zero-order valence-corrected chi connectivity index (χ0v) is 6.45. The summed E-state index contributed by atoms with van der Waals surface area (Å²) >= 11 is 0. The van der Waals surface area contributed by atoms with E-state index in [0.717, 1.165) is 0 Å². The van der Waals surface area contributed by atoms with Gasteiger partial charge in [-0.05, 0) is 17.7 Å². The van der Waals surface area contributed by atoms with E-state index in [4.69, 9.17) is 11.3 Å². The van der Waals surface area contributed by atoms with E-state index in [-0.39, 0.29) is 12.4 Å². The minimum Gasteiger partial charge on any atom is -0.399 e. The van der Waals surface area contributed by atoms with E-state index < -0.39 is 0 Å². The van der Waals surface area contributed by atoms with Gasteiger partial charge < -0.3 is 5.73 Å². The molecule has 4 nitrogen and oxygen atoms in total. The lowest BCUT2D eigenvalue weighted by atomic mass is 10.3. The van der Waals surface area contributed by atoms with E-state index in [1.807, 2.05) is 0 Å². The Bertz CT molecular complexity index is 280. The van der Waals surface area contributed by atoms with Crippen molar-refractivity contribution in [3.05, 3.63) is 34.7 Å². The number of rotatable bonds is 1. The SMILES string of the molecule is Cl.[N-]=[N+]=Nc1cccc(N)c1. The van der Waals surface area contributed by atoms with Crippen LogP contribution in [0.1, 0.15) is 0 Å². The van der Waals surface area contributed by atoms with Gasteiger partial charge in [0, 0.05) is 16.3 Å². The standard InChI is InChI=1S/C6H6N4.ClH/c7-5-2-1-3-6(4-5)9-10-8;/h1-4H,7H2;1H. The van der Waals surface area contributed by atoms with Crippen LogP contribution in [0.25, 0.3) is 10.4 Å². The van der Waals surface area contributed by atoms with Crippen molar-refractivity contribution in [1.29, 1.82) is 0 Å². The minimum atomic E-state index is 0. The fourth-order valence-electron chi connectivity index (χ4n) is 0.639. The molecule has 1 rings (SSSR count). The summed E-state index contributed by atoms with van der Waals surface area (Å²) in [6.07, 6.45) is 0. The molecule has 1 aromatic rings. The Morgan fingerprint density at radius 3 is 2.73 bits per heavy atom. The molecular weight excluding hydrogens is 164 g/mol. The Balaban J connectivity index is 0.000001000. The molecular formula is C6H7ClN4. The molecule has 0 fully saturated rings. The summed E-state index contributed by atoms with van der Waals surface area (Å²) in [6.45, 7) is 0. The molecule has 0 amide bonds. The highest BCUT2D eigenvalue weighted by Crippen LogP contribution is 2.14. The molecule has 0 aliphatic heterocycles. The Hall–Kier alpha value is -1.38. The lowest BCUT2D eigenvalue weighted by molar-refractivity contribution is 1.48. The van der Waals surface area contributed by atoms with E-state index >= 15 is 0 Å². The quantitative estimate of drug-likeness (QED) is 0.299. The zero-order valence-electron chi connectivity index (χ0n) is 5.64. The number of azide groups is 1. The first kappa shape index (κ1) is 9.62. The maximum Gasteiger partial charge on any atom is 0.0395 e. The molecule has 0 saturated heterocycles. The minimum absolute atomic E-state index is 0. The van der Waals surface area contributed by atoms with E-state index in [0.29, 0.717) is 11.4 Å². The van der Waals surface area contributed by atoms with Crippen LogP contribution in [0.15, 0.2) is 29.4 Å². The van der Waals surface area contributed by atoms with Crippen molar-refractivity contribution in [2.24, 2.45) is 5.11 Å². The van der Waals surface area contributed by atoms with Gasteiger partial charge in [0.1, 0.15) is 0 Å². The van der Waals surface area contributed by atoms with Crippen LogP contribution in [0.2, 0.25) is 0 Å². The average Bonchev–Trinajstić information content (AvgIpc) is 1.88. The number of hydrogen-bond acceptors (Lipinski definition) is 2. The normalized spacial score (nSPS) is 7.64. The molecule has 0 bridgehead atoms. The molecule has 11 heavy (non-hydrogen) atoms. The second kappa shape index (κ2) is 4.44. The third-order valence-electron chi connectivity index (χ3n) is 1.03. The van der Waals surface area contributed by atoms with Gasteiger partial charge in [0.25, 0.3) is 0 Å². The molecule has 0 aliphatic carbocycles. The van der Waals surface area contributed by atoms with Crippen LogP contribution < -0.4 is 5.73 Å². The summed E-state index contributed by atoms with van der Waals surface area (Å²) in [7, 11) is 0. The Morgan fingerprint density at radius 2 is 2.18 bits per heavy atom. The molecule has 0 saturated carbocycles. The molecule has 0 aromatic heterocycles. The van der Waals surface area contributed by atoms with E-state index in [1.54, 1.807) is 24.3 Å². The third-order valence-corrected chi connectivity index (χ3v) is 1.03. The van der Waals surface area contributed by atoms with Gasteiger partial charge in [-0.2, -0.15) is 0 Å². The molecule has 0 unspecified atom stereocenters. The first-order valence-electron chi connectivity index (χ1n) is 2.73. The number of anilines is 1. The Morgan fingerprint density at radius 1 is 1.45 bits per heavy atom. The second-order valence-corrected chi connectivity index (χ2v) is 1.78. The lowest BCUT2D eigenvalue weighted by Gasteiger charge is -1.91. The predicted octanol–water partition coefficient (Wildman–Crippen LogP) is 2.63. The largest absolute Gasteiger partial charge is 0.399 e. The van der Waals surface area contributed by atoms with Crippen LogP contribution in [0.4, 0.5) is 11.4 Å². The molecule has 0 radical (unpaired) electrons. The van der Waals surface area contributed by atoms with Crippen LogP contribution in [-0.4, -0.2) is 0 Å². The first-order chi connectivity index (χ1) is 4.83. The van der Waals surface area contributed by atoms with Crippen LogP contribution >= 0.6 is 12.4 Å². The van der Waals surface area contributed by atoms with Crippen molar-refractivity contribution >= 4 is 23.8 Å². The number of benzene rings is 1. The summed E-state index contributed by atoms with van der Waals surface area (Å²) in [5, 5.41) is 3.37. The highest BCUT2D eigenvalue weighted by Gasteiger charge is 1.85. The third kappa shape index (κ3) is 2.80. The van der Waals surface area contributed by atoms with Crippen molar-refractivity contribution in [2.45, 2.75) is 0 Å². The summed E-state index contributed by atoms with van der Waals surface area (Å²) in [4.78, 5) is 2.62. The highest BCUT2D eigenvalue weighted by molar-refractivity contribution is 5.85. The Labute approximate surface area is 70.1 Å². The van der Waals surface area contributed by atoms with Gasteiger partial charge in [-0.15, -0.1) is 12.4 Å². The van der Waals surface area contributed by atoms with Crippen molar-refractivity contribution < 1.29 is 0 Å². The van der Waals surface area contributed by atoms with Crippen molar-refractivity contribution in [1.82, 2.24) is 0 Å². The molecule has 0 heterocycles. The number of hydrogen-bond donors (Lipinski definition) is 1. The smallest absolute Gasteiger partial charge is 0.0395 e. The number of halogens is 1. The van der Waals surface area contributed by atoms with Crippen molar-refractivity contribution in [3.8, 4) is 0 Å². The average molecular weight is 171 g/mol. The molecule has 58 valence electrons. The maximum absolute atomic E-state index is 8.03. The van der Waals surface area contributed by atoms with Crippen molar-refractivity contribution in [2.75, 3.05) is 5.73 Å². The van der Waals surface area contributed by atoms with E-state index in [2.05, 4.69) is 10.0 Å². The van der Waals surface area contributed by atoms with E-state index in [9.17, 15) is 0 Å². The summed E-state index contributed by atoms with van der Waals surface area (Å²) < 4.78 is 0. The fourth-order valence-corrected chi connectivity index (χ4v) is 0.639. The van der Waals surface area contributed by atoms with Crippen LogP contribution in [0.5, 0.6) is 0 Å². The number of nitrogens with two attached hydrogens (primary N) is 1. The van der Waals surface area contributed by atoms with Gasteiger partial charge in [-0.3, -0.25) is 0 Å². The Kier molecular flexibility index (Phi) is 3.88. The lowest BCUT2D eigenvalue weighted by Crippen LogP contribution is -1.80. The monoisotopic (exact) mass is 170 g/mol. The van der Waals surface area contributed by atoms with Gasteiger partial charge in [-0.1, -0.05) is 17.2 Å². The number of nitrogen functional groups attached to an aromatic ring is 1. The molecule has 0 spiro atoms. The van der Waals surface area contributed by atoms with Gasteiger partial charge in [0.05, 0.1) is 0 Å². The fraction of sp³-hybridized carbons (Fsp3) is 0. The summed E-state index contributed by atoms with van der Waals surface area (Å²) in [5.74, 6) is 0. The van der Waals surface area contributed by atoms with Crippen LogP contribution in [-0.2, 0) is 0 Å². The van der Waals surface area contributed by atoms with Crippen molar-refractivity contribution in [3.63, 3.8) is 0 Å². The predicted molar refractivity (Wildman–Crippen MR) is 46.9 cm³/mol. The second-order valence-electron chi connectivity index (χ2n) is 1.78. The highest BCUT2D eigenvalue weighted by atomic mass is 35.5. The molecule has 0 aliphatic rings. The topological polar surface area (TPSA) is 74.8 Å². The molecule has 2 N–H and O–H groups in total. The zero-order chi connectivity index (χ0) is 7.40.